The van der Waals surface area contributed by atoms with E-state index in [0.29, 0.717) is 17.3 Å². The van der Waals surface area contributed by atoms with Gasteiger partial charge in [-0.3, -0.25) is 4.79 Å². The first kappa shape index (κ1) is 14.7. The zero-order chi connectivity index (χ0) is 15.7. The SMILES string of the molecule is O=C(C[C@H]1CCS(=O)(=O)C1)N=Nc1c(O)[nH]c2ccccc12. The van der Waals surface area contributed by atoms with E-state index < -0.39 is 15.7 Å². The van der Waals surface area contributed by atoms with Gasteiger partial charge < -0.3 is 10.1 Å². The van der Waals surface area contributed by atoms with Crippen molar-refractivity contribution in [3.05, 3.63) is 24.3 Å². The van der Waals surface area contributed by atoms with E-state index in [2.05, 4.69) is 15.2 Å². The average Bonchev–Trinajstić information content (AvgIpc) is 2.95. The van der Waals surface area contributed by atoms with Gasteiger partial charge in [0.1, 0.15) is 0 Å². The van der Waals surface area contributed by atoms with Crippen molar-refractivity contribution in [1.82, 2.24) is 4.98 Å². The van der Waals surface area contributed by atoms with Gasteiger partial charge in [0, 0.05) is 11.8 Å². The van der Waals surface area contributed by atoms with Crippen LogP contribution in [0.3, 0.4) is 0 Å². The maximum atomic E-state index is 11.8. The second-order valence-electron chi connectivity index (χ2n) is 5.43. The first-order valence-electron chi connectivity index (χ1n) is 6.89. The molecule has 1 saturated heterocycles. The van der Waals surface area contributed by atoms with Crippen LogP contribution < -0.4 is 0 Å². The molecule has 0 bridgehead atoms. The first-order chi connectivity index (χ1) is 10.4. The number of hydrogen-bond donors (Lipinski definition) is 2. The Morgan fingerprint density at radius 1 is 1.36 bits per heavy atom. The van der Waals surface area contributed by atoms with Crippen molar-refractivity contribution in [3.63, 3.8) is 0 Å². The van der Waals surface area contributed by atoms with Crippen molar-refractivity contribution in [2.75, 3.05) is 11.5 Å². The molecule has 1 aliphatic rings. The minimum atomic E-state index is -3.00. The van der Waals surface area contributed by atoms with Gasteiger partial charge in [0.15, 0.2) is 15.5 Å². The third-order valence-electron chi connectivity index (χ3n) is 3.71. The molecule has 0 saturated carbocycles. The molecule has 1 aromatic heterocycles. The van der Waals surface area contributed by atoms with Crippen LogP contribution in [0.5, 0.6) is 5.88 Å². The maximum Gasteiger partial charge on any atom is 0.265 e. The lowest BCUT2D eigenvalue weighted by atomic mass is 10.1. The van der Waals surface area contributed by atoms with Crippen LogP contribution in [-0.4, -0.2) is 35.9 Å². The number of carbonyl (C=O) groups excluding carboxylic acids is 1. The second kappa shape index (κ2) is 5.53. The van der Waals surface area contributed by atoms with Gasteiger partial charge in [0.05, 0.1) is 17.0 Å². The molecular weight excluding hydrogens is 306 g/mol. The number of benzene rings is 1. The Labute approximate surface area is 127 Å². The van der Waals surface area contributed by atoms with Crippen molar-refractivity contribution in [2.45, 2.75) is 12.8 Å². The monoisotopic (exact) mass is 321 g/mol. The van der Waals surface area contributed by atoms with E-state index in [9.17, 15) is 18.3 Å². The molecule has 3 rings (SSSR count). The molecular formula is C14H15N3O4S. The number of azo groups is 1. The van der Waals surface area contributed by atoms with Gasteiger partial charge in [-0.2, -0.15) is 0 Å². The van der Waals surface area contributed by atoms with Crippen LogP contribution in [-0.2, 0) is 14.6 Å². The molecule has 0 radical (unpaired) electrons. The van der Waals surface area contributed by atoms with Crippen LogP contribution in [0.25, 0.3) is 10.9 Å². The number of aromatic amines is 1. The van der Waals surface area contributed by atoms with Gasteiger partial charge in [-0.25, -0.2) is 8.42 Å². The molecule has 1 amide bonds. The predicted octanol–water partition coefficient (Wildman–Crippen LogP) is 2.31. The average molecular weight is 321 g/mol. The third-order valence-corrected chi connectivity index (χ3v) is 5.55. The number of hydrogen-bond acceptors (Lipinski definition) is 5. The molecule has 116 valence electrons. The summed E-state index contributed by atoms with van der Waals surface area (Å²) in [5.74, 6) is -0.654. The zero-order valence-electron chi connectivity index (χ0n) is 11.7. The Morgan fingerprint density at radius 2 is 2.14 bits per heavy atom. The predicted molar refractivity (Wildman–Crippen MR) is 80.9 cm³/mol. The fourth-order valence-corrected chi connectivity index (χ4v) is 4.50. The number of sulfone groups is 1. The number of H-pyrrole nitrogens is 1. The zero-order valence-corrected chi connectivity index (χ0v) is 12.5. The number of aromatic hydroxyl groups is 1. The number of aromatic nitrogens is 1. The number of nitrogens with one attached hydrogen (secondary N) is 1. The van der Waals surface area contributed by atoms with Crippen LogP contribution >= 0.6 is 0 Å². The van der Waals surface area contributed by atoms with Crippen LogP contribution in [0.1, 0.15) is 12.8 Å². The summed E-state index contributed by atoms with van der Waals surface area (Å²) in [6.45, 7) is 0. The summed E-state index contributed by atoms with van der Waals surface area (Å²) in [4.78, 5) is 14.6. The fourth-order valence-electron chi connectivity index (χ4n) is 2.64. The lowest BCUT2D eigenvalue weighted by Crippen LogP contribution is -2.08. The third kappa shape index (κ3) is 3.01. The molecule has 2 heterocycles. The van der Waals surface area contributed by atoms with E-state index in [1.165, 1.54) is 0 Å². The number of carbonyl (C=O) groups is 1. The Hall–Kier alpha value is -2.22. The maximum absolute atomic E-state index is 11.8. The van der Waals surface area contributed by atoms with Gasteiger partial charge >= 0.3 is 0 Å². The van der Waals surface area contributed by atoms with E-state index in [1.54, 1.807) is 18.2 Å². The highest BCUT2D eigenvalue weighted by Gasteiger charge is 2.29. The normalized spacial score (nSPS) is 20.8. The molecule has 22 heavy (non-hydrogen) atoms. The summed E-state index contributed by atoms with van der Waals surface area (Å²) in [5.41, 5.74) is 0.909. The van der Waals surface area contributed by atoms with Gasteiger partial charge in [-0.05, 0) is 18.4 Å². The standard InChI is InChI=1S/C14H15N3O4S/c18-12(7-9-5-6-22(20,21)8-9)16-17-13-10-3-1-2-4-11(10)15-14(13)19/h1-4,9,15,19H,5-8H2/t9-/m1/s1. The van der Waals surface area contributed by atoms with E-state index in [1.807, 2.05) is 6.07 Å². The van der Waals surface area contributed by atoms with Crippen molar-refractivity contribution < 1.29 is 18.3 Å². The molecule has 0 spiro atoms. The topological polar surface area (TPSA) is 112 Å². The molecule has 7 nitrogen and oxygen atoms in total. The van der Waals surface area contributed by atoms with E-state index >= 15 is 0 Å². The Kier molecular flexibility index (Phi) is 3.69. The summed E-state index contributed by atoms with van der Waals surface area (Å²) in [5, 5.41) is 17.9. The van der Waals surface area contributed by atoms with Crippen molar-refractivity contribution in [2.24, 2.45) is 16.1 Å². The van der Waals surface area contributed by atoms with Crippen LogP contribution in [0.4, 0.5) is 5.69 Å². The number of para-hydroxylation sites is 1. The molecule has 1 aliphatic heterocycles. The van der Waals surface area contributed by atoms with Gasteiger partial charge in [0.2, 0.25) is 5.88 Å². The van der Waals surface area contributed by atoms with Crippen molar-refractivity contribution in [3.8, 4) is 5.88 Å². The molecule has 1 atom stereocenters. The lowest BCUT2D eigenvalue weighted by Gasteiger charge is -2.01. The fraction of sp³-hybridized carbons (Fsp3) is 0.357. The number of fused-ring (bicyclic) bond motifs is 1. The van der Waals surface area contributed by atoms with E-state index in [-0.39, 0.29) is 35.4 Å². The summed E-state index contributed by atoms with van der Waals surface area (Å²) in [6, 6.07) is 7.14. The largest absolute Gasteiger partial charge is 0.493 e. The number of amides is 1. The molecule has 0 unspecified atom stereocenters. The van der Waals surface area contributed by atoms with E-state index in [4.69, 9.17) is 0 Å². The highest BCUT2D eigenvalue weighted by Crippen LogP contribution is 2.35. The molecule has 8 heteroatoms. The first-order valence-corrected chi connectivity index (χ1v) is 8.71. The van der Waals surface area contributed by atoms with Crippen LogP contribution in [0, 0.1) is 5.92 Å². The van der Waals surface area contributed by atoms with Gasteiger partial charge in [0.25, 0.3) is 5.91 Å². The quantitative estimate of drug-likeness (QED) is 0.845. The van der Waals surface area contributed by atoms with Gasteiger partial charge in [-0.1, -0.05) is 18.2 Å². The van der Waals surface area contributed by atoms with Crippen LogP contribution in [0.2, 0.25) is 0 Å². The molecule has 1 aromatic carbocycles. The Bertz CT molecular complexity index is 854. The van der Waals surface area contributed by atoms with E-state index in [0.717, 1.165) is 0 Å². The highest BCUT2D eigenvalue weighted by atomic mass is 32.2. The molecule has 0 aliphatic carbocycles. The Morgan fingerprint density at radius 3 is 2.86 bits per heavy atom. The number of rotatable bonds is 3. The molecule has 2 N–H and O–H groups in total. The van der Waals surface area contributed by atoms with Crippen LogP contribution in [0.15, 0.2) is 34.5 Å². The summed E-state index contributed by atoms with van der Waals surface area (Å²) in [6.07, 6.45) is 0.549. The summed E-state index contributed by atoms with van der Waals surface area (Å²) in [7, 11) is -3.00. The minimum absolute atomic E-state index is 0.0343. The Balaban J connectivity index is 1.73. The lowest BCUT2D eigenvalue weighted by molar-refractivity contribution is -0.119. The highest BCUT2D eigenvalue weighted by molar-refractivity contribution is 7.91. The smallest absolute Gasteiger partial charge is 0.265 e. The second-order valence-corrected chi connectivity index (χ2v) is 7.66. The number of nitrogens with zero attached hydrogens (tertiary/aromatic N) is 2. The molecule has 2 aromatic rings. The summed E-state index contributed by atoms with van der Waals surface area (Å²) >= 11 is 0. The van der Waals surface area contributed by atoms with Crippen molar-refractivity contribution >= 4 is 32.3 Å². The summed E-state index contributed by atoms with van der Waals surface area (Å²) < 4.78 is 22.7. The molecule has 1 fully saturated rings. The van der Waals surface area contributed by atoms with Crippen molar-refractivity contribution in [1.29, 1.82) is 0 Å². The minimum Gasteiger partial charge on any atom is -0.493 e. The van der Waals surface area contributed by atoms with Gasteiger partial charge in [-0.15, -0.1) is 10.2 Å².